The third-order valence-corrected chi connectivity index (χ3v) is 4.54. The predicted octanol–water partition coefficient (Wildman–Crippen LogP) is 1.93. The molecule has 2 fully saturated rings. The minimum absolute atomic E-state index is 0.341. The topological polar surface area (TPSA) is 18.5 Å². The molecular formula is C15H31N3. The maximum absolute atomic E-state index is 3.72. The van der Waals surface area contributed by atoms with Gasteiger partial charge in [0.15, 0.2) is 0 Å². The zero-order valence-electron chi connectivity index (χ0n) is 12.5. The first kappa shape index (κ1) is 14.3. The van der Waals surface area contributed by atoms with Crippen molar-refractivity contribution in [2.75, 3.05) is 39.3 Å². The van der Waals surface area contributed by atoms with Crippen LogP contribution in [0.1, 0.15) is 46.5 Å². The Morgan fingerprint density at radius 2 is 1.61 bits per heavy atom. The van der Waals surface area contributed by atoms with E-state index in [2.05, 4.69) is 35.9 Å². The molecule has 2 rings (SSSR count). The molecule has 106 valence electrons. The fourth-order valence-electron chi connectivity index (χ4n) is 3.20. The summed E-state index contributed by atoms with van der Waals surface area (Å²) in [5.74, 6) is 0. The van der Waals surface area contributed by atoms with E-state index in [1.54, 1.807) is 0 Å². The van der Waals surface area contributed by atoms with Gasteiger partial charge in [-0.05, 0) is 33.6 Å². The highest BCUT2D eigenvalue weighted by molar-refractivity contribution is 4.82. The first-order valence-corrected chi connectivity index (χ1v) is 7.76. The number of nitrogens with zero attached hydrogens (tertiary/aromatic N) is 2. The summed E-state index contributed by atoms with van der Waals surface area (Å²) < 4.78 is 0. The van der Waals surface area contributed by atoms with E-state index in [9.17, 15) is 0 Å². The second-order valence-electron chi connectivity index (χ2n) is 6.94. The van der Waals surface area contributed by atoms with E-state index >= 15 is 0 Å². The van der Waals surface area contributed by atoms with Gasteiger partial charge in [-0.25, -0.2) is 0 Å². The molecule has 1 N–H and O–H groups in total. The number of rotatable bonds is 4. The summed E-state index contributed by atoms with van der Waals surface area (Å²) in [6, 6.07) is 0.820. The van der Waals surface area contributed by atoms with Gasteiger partial charge >= 0.3 is 0 Å². The molecule has 0 aromatic rings. The van der Waals surface area contributed by atoms with E-state index in [4.69, 9.17) is 0 Å². The Labute approximate surface area is 113 Å². The number of hydrogen-bond acceptors (Lipinski definition) is 3. The molecule has 1 saturated heterocycles. The lowest BCUT2D eigenvalue weighted by Crippen LogP contribution is -2.54. The van der Waals surface area contributed by atoms with Crippen molar-refractivity contribution in [2.45, 2.75) is 58.0 Å². The average molecular weight is 253 g/mol. The fraction of sp³-hybridized carbons (Fsp3) is 1.00. The van der Waals surface area contributed by atoms with Gasteiger partial charge in [0.2, 0.25) is 0 Å². The highest BCUT2D eigenvalue weighted by atomic mass is 15.3. The summed E-state index contributed by atoms with van der Waals surface area (Å²) in [6.45, 7) is 14.3. The Morgan fingerprint density at radius 3 is 2.17 bits per heavy atom. The summed E-state index contributed by atoms with van der Waals surface area (Å²) in [5.41, 5.74) is 0.341. The van der Waals surface area contributed by atoms with Crippen molar-refractivity contribution >= 4 is 0 Å². The van der Waals surface area contributed by atoms with Crippen LogP contribution in [0.2, 0.25) is 0 Å². The molecule has 3 heteroatoms. The van der Waals surface area contributed by atoms with E-state index in [0.29, 0.717) is 5.54 Å². The summed E-state index contributed by atoms with van der Waals surface area (Å²) in [6.07, 6.45) is 5.67. The summed E-state index contributed by atoms with van der Waals surface area (Å²) in [4.78, 5) is 5.22. The molecule has 18 heavy (non-hydrogen) atoms. The van der Waals surface area contributed by atoms with E-state index in [0.717, 1.165) is 6.04 Å². The van der Waals surface area contributed by atoms with Crippen LogP contribution in [0.3, 0.4) is 0 Å². The minimum atomic E-state index is 0.341. The molecular weight excluding hydrogens is 222 g/mol. The average Bonchev–Trinajstić information content (AvgIpc) is 2.82. The van der Waals surface area contributed by atoms with Crippen LogP contribution in [0.15, 0.2) is 0 Å². The van der Waals surface area contributed by atoms with Gasteiger partial charge in [-0.2, -0.15) is 0 Å². The molecule has 0 radical (unpaired) electrons. The molecule has 0 aromatic carbocycles. The normalized spacial score (nSPS) is 24.8. The van der Waals surface area contributed by atoms with Crippen molar-refractivity contribution in [3.63, 3.8) is 0 Å². The molecule has 1 saturated carbocycles. The van der Waals surface area contributed by atoms with Gasteiger partial charge in [0.1, 0.15) is 0 Å². The lowest BCUT2D eigenvalue weighted by molar-refractivity contribution is 0.0625. The monoisotopic (exact) mass is 253 g/mol. The van der Waals surface area contributed by atoms with Gasteiger partial charge < -0.3 is 5.32 Å². The maximum atomic E-state index is 3.72. The molecule has 2 aliphatic rings. The van der Waals surface area contributed by atoms with E-state index in [1.165, 1.54) is 65.0 Å². The van der Waals surface area contributed by atoms with Crippen molar-refractivity contribution < 1.29 is 0 Å². The quantitative estimate of drug-likeness (QED) is 0.826. The number of piperazine rings is 1. The lowest BCUT2D eigenvalue weighted by Gasteiger charge is -2.42. The molecule has 0 unspecified atom stereocenters. The van der Waals surface area contributed by atoms with Gasteiger partial charge in [0.05, 0.1) is 0 Å². The second kappa shape index (κ2) is 6.36. The number of nitrogens with one attached hydrogen (secondary N) is 1. The van der Waals surface area contributed by atoms with Gasteiger partial charge in [-0.1, -0.05) is 12.8 Å². The highest BCUT2D eigenvalue weighted by Crippen LogP contribution is 2.18. The zero-order chi connectivity index (χ0) is 13.0. The Morgan fingerprint density at radius 1 is 1.00 bits per heavy atom. The van der Waals surface area contributed by atoms with Crippen LogP contribution in [0.4, 0.5) is 0 Å². The Bertz CT molecular complexity index is 233. The smallest absolute Gasteiger partial charge is 0.0126 e. The molecule has 0 bridgehead atoms. The lowest BCUT2D eigenvalue weighted by atomic mass is 10.1. The summed E-state index contributed by atoms with van der Waals surface area (Å²) in [5, 5.41) is 3.72. The molecule has 0 aromatic heterocycles. The standard InChI is InChI=1S/C15H31N3/c1-15(2,3)18-12-10-17(11-13-18)9-8-16-14-6-4-5-7-14/h14,16H,4-13H2,1-3H3. The van der Waals surface area contributed by atoms with E-state index in [-0.39, 0.29) is 0 Å². The Kier molecular flexibility index (Phi) is 5.05. The second-order valence-corrected chi connectivity index (χ2v) is 6.94. The molecule has 0 amide bonds. The molecule has 3 nitrogen and oxygen atoms in total. The van der Waals surface area contributed by atoms with Crippen molar-refractivity contribution in [1.82, 2.24) is 15.1 Å². The Hall–Kier alpha value is -0.120. The van der Waals surface area contributed by atoms with Crippen LogP contribution in [0, 0.1) is 0 Å². The van der Waals surface area contributed by atoms with Gasteiger partial charge in [0, 0.05) is 50.8 Å². The summed E-state index contributed by atoms with van der Waals surface area (Å²) >= 11 is 0. The SMILES string of the molecule is CC(C)(C)N1CCN(CCNC2CCCC2)CC1. The fourth-order valence-corrected chi connectivity index (χ4v) is 3.20. The maximum Gasteiger partial charge on any atom is 0.0126 e. The van der Waals surface area contributed by atoms with Crippen LogP contribution in [-0.2, 0) is 0 Å². The van der Waals surface area contributed by atoms with Crippen molar-refractivity contribution in [3.8, 4) is 0 Å². The van der Waals surface area contributed by atoms with Crippen LogP contribution >= 0.6 is 0 Å². The third kappa shape index (κ3) is 4.22. The van der Waals surface area contributed by atoms with Crippen molar-refractivity contribution in [2.24, 2.45) is 0 Å². The summed E-state index contributed by atoms with van der Waals surface area (Å²) in [7, 11) is 0. The highest BCUT2D eigenvalue weighted by Gasteiger charge is 2.25. The van der Waals surface area contributed by atoms with Crippen LogP contribution < -0.4 is 5.32 Å². The minimum Gasteiger partial charge on any atom is -0.313 e. The number of hydrogen-bond donors (Lipinski definition) is 1. The van der Waals surface area contributed by atoms with Crippen molar-refractivity contribution in [1.29, 1.82) is 0 Å². The molecule has 1 aliphatic carbocycles. The van der Waals surface area contributed by atoms with Crippen LogP contribution in [0.5, 0.6) is 0 Å². The van der Waals surface area contributed by atoms with Gasteiger partial charge in [-0.3, -0.25) is 9.80 Å². The first-order chi connectivity index (χ1) is 8.55. The third-order valence-electron chi connectivity index (χ3n) is 4.54. The molecule has 0 spiro atoms. The van der Waals surface area contributed by atoms with Crippen LogP contribution in [0.25, 0.3) is 0 Å². The molecule has 1 aliphatic heterocycles. The predicted molar refractivity (Wildman–Crippen MR) is 78.0 cm³/mol. The van der Waals surface area contributed by atoms with Crippen molar-refractivity contribution in [3.05, 3.63) is 0 Å². The first-order valence-electron chi connectivity index (χ1n) is 7.76. The van der Waals surface area contributed by atoms with E-state index < -0.39 is 0 Å². The Balaban J connectivity index is 1.58. The van der Waals surface area contributed by atoms with E-state index in [1.807, 2.05) is 0 Å². The van der Waals surface area contributed by atoms with Crippen LogP contribution in [-0.4, -0.2) is 60.6 Å². The zero-order valence-corrected chi connectivity index (χ0v) is 12.5. The molecule has 1 heterocycles. The van der Waals surface area contributed by atoms with Gasteiger partial charge in [-0.15, -0.1) is 0 Å². The largest absolute Gasteiger partial charge is 0.313 e. The molecule has 0 atom stereocenters. The van der Waals surface area contributed by atoms with Gasteiger partial charge in [0.25, 0.3) is 0 Å².